The lowest BCUT2D eigenvalue weighted by Crippen LogP contribution is -2.10. The van der Waals surface area contributed by atoms with Crippen LogP contribution in [0.3, 0.4) is 0 Å². The summed E-state index contributed by atoms with van der Waals surface area (Å²) < 4.78 is 8.67. The molecule has 12 rings (SSSR count). The Morgan fingerprint density at radius 2 is 0.869 bits per heavy atom. The van der Waals surface area contributed by atoms with E-state index in [1.54, 1.807) is 0 Å². The van der Waals surface area contributed by atoms with Gasteiger partial charge in [0.15, 0.2) is 0 Å². The molecule has 3 nitrogen and oxygen atoms in total. The number of hydrogen-bond donors (Lipinski definition) is 0. The van der Waals surface area contributed by atoms with E-state index in [-0.39, 0.29) is 0 Å². The van der Waals surface area contributed by atoms with E-state index in [1.165, 1.54) is 49.3 Å². The number of hydrogen-bond acceptors (Lipinski definition) is 2. The molecule has 286 valence electrons. The molecule has 0 spiro atoms. The maximum atomic E-state index is 6.26. The van der Waals surface area contributed by atoms with Gasteiger partial charge in [0.05, 0.1) is 16.7 Å². The SMILES string of the molecule is c1cc(-c2ccc3ccccc3c2)cc(N(c2ccc(-c3ccccc3-n3c4ccccc4c4ccccc43)cc2)c2ccc(-c3cccc4oc5ccccc5c34)cc2)c1. The van der Waals surface area contributed by atoms with Crippen molar-refractivity contribution in [3.63, 3.8) is 0 Å². The minimum Gasteiger partial charge on any atom is -0.456 e. The zero-order valence-corrected chi connectivity index (χ0v) is 33.2. The summed E-state index contributed by atoms with van der Waals surface area (Å²) in [5.41, 5.74) is 15.6. The topological polar surface area (TPSA) is 21.3 Å². The summed E-state index contributed by atoms with van der Waals surface area (Å²) in [7, 11) is 0. The van der Waals surface area contributed by atoms with Gasteiger partial charge < -0.3 is 13.9 Å². The molecule has 0 bridgehead atoms. The number of aromatic nitrogens is 1. The molecule has 0 atom stereocenters. The number of nitrogens with zero attached hydrogens (tertiary/aromatic N) is 2. The molecule has 0 saturated carbocycles. The average Bonchev–Trinajstić information content (AvgIpc) is 3.88. The van der Waals surface area contributed by atoms with E-state index in [2.05, 4.69) is 228 Å². The fourth-order valence-electron chi connectivity index (χ4n) is 9.33. The lowest BCUT2D eigenvalue weighted by Gasteiger charge is -2.26. The maximum Gasteiger partial charge on any atom is 0.136 e. The van der Waals surface area contributed by atoms with Gasteiger partial charge in [0.2, 0.25) is 0 Å². The Balaban J connectivity index is 0.977. The van der Waals surface area contributed by atoms with Crippen molar-refractivity contribution in [2.45, 2.75) is 0 Å². The van der Waals surface area contributed by atoms with Crippen LogP contribution in [-0.2, 0) is 0 Å². The van der Waals surface area contributed by atoms with Gasteiger partial charge in [-0.2, -0.15) is 0 Å². The fourth-order valence-corrected chi connectivity index (χ4v) is 9.33. The highest BCUT2D eigenvalue weighted by Crippen LogP contribution is 2.42. The molecule has 0 N–H and O–H groups in total. The molecule has 0 unspecified atom stereocenters. The third-order valence-corrected chi connectivity index (χ3v) is 12.2. The molecular weight excluding hydrogens is 741 g/mol. The second kappa shape index (κ2) is 14.3. The second-order valence-corrected chi connectivity index (χ2v) is 15.7. The van der Waals surface area contributed by atoms with E-state index in [9.17, 15) is 0 Å². The van der Waals surface area contributed by atoms with E-state index >= 15 is 0 Å². The number of fused-ring (bicyclic) bond motifs is 7. The van der Waals surface area contributed by atoms with E-state index in [0.717, 1.165) is 61.4 Å². The van der Waals surface area contributed by atoms with Gasteiger partial charge in [0.1, 0.15) is 11.2 Å². The average molecular weight is 779 g/mol. The Morgan fingerprint density at radius 1 is 0.328 bits per heavy atom. The summed E-state index contributed by atoms with van der Waals surface area (Å²) in [4.78, 5) is 2.37. The Kier molecular flexibility index (Phi) is 8.17. The summed E-state index contributed by atoms with van der Waals surface area (Å²) in [5, 5.41) is 7.25. The van der Waals surface area contributed by atoms with Gasteiger partial charge in [-0.3, -0.25) is 0 Å². The molecule has 0 aliphatic heterocycles. The number of para-hydroxylation sites is 4. The molecule has 0 amide bonds. The van der Waals surface area contributed by atoms with E-state index < -0.39 is 0 Å². The van der Waals surface area contributed by atoms with Crippen LogP contribution in [-0.4, -0.2) is 4.57 Å². The first-order valence-electron chi connectivity index (χ1n) is 20.8. The van der Waals surface area contributed by atoms with E-state index in [0.29, 0.717) is 0 Å². The Hall–Kier alpha value is -8.14. The largest absolute Gasteiger partial charge is 0.456 e. The predicted molar refractivity (Wildman–Crippen MR) is 257 cm³/mol. The minimum absolute atomic E-state index is 0.898. The Labute approximate surface area is 353 Å². The molecule has 2 heterocycles. The van der Waals surface area contributed by atoms with E-state index in [4.69, 9.17) is 4.42 Å². The first-order valence-corrected chi connectivity index (χ1v) is 20.8. The molecule has 0 aliphatic rings. The molecule has 0 fully saturated rings. The van der Waals surface area contributed by atoms with Crippen molar-refractivity contribution in [3.8, 4) is 39.1 Å². The van der Waals surface area contributed by atoms with Gasteiger partial charge in [-0.05, 0) is 111 Å². The van der Waals surface area contributed by atoms with Gasteiger partial charge >= 0.3 is 0 Å². The highest BCUT2D eigenvalue weighted by molar-refractivity contribution is 6.12. The van der Waals surface area contributed by atoms with Crippen molar-refractivity contribution in [2.75, 3.05) is 4.90 Å². The molecule has 12 aromatic rings. The van der Waals surface area contributed by atoms with Crippen LogP contribution in [0.4, 0.5) is 17.1 Å². The molecule has 2 aromatic heterocycles. The molecule has 61 heavy (non-hydrogen) atoms. The van der Waals surface area contributed by atoms with Crippen LogP contribution in [0.2, 0.25) is 0 Å². The third kappa shape index (κ3) is 5.90. The summed E-state index contributed by atoms with van der Waals surface area (Å²) >= 11 is 0. The summed E-state index contributed by atoms with van der Waals surface area (Å²) in [6.07, 6.45) is 0. The lowest BCUT2D eigenvalue weighted by atomic mass is 9.98. The second-order valence-electron chi connectivity index (χ2n) is 15.7. The highest BCUT2D eigenvalue weighted by atomic mass is 16.3. The quantitative estimate of drug-likeness (QED) is 0.161. The van der Waals surface area contributed by atoms with Crippen LogP contribution in [0.25, 0.3) is 93.6 Å². The Bertz CT molecular complexity index is 3540. The van der Waals surface area contributed by atoms with Crippen LogP contribution in [0.5, 0.6) is 0 Å². The van der Waals surface area contributed by atoms with Crippen LogP contribution in [0.15, 0.2) is 235 Å². The molecule has 3 heteroatoms. The molecule has 0 radical (unpaired) electrons. The minimum atomic E-state index is 0.898. The van der Waals surface area contributed by atoms with Gasteiger partial charge in [0, 0.05) is 44.2 Å². The van der Waals surface area contributed by atoms with Crippen molar-refractivity contribution >= 4 is 71.6 Å². The summed E-state index contributed by atoms with van der Waals surface area (Å²) in [6, 6.07) is 83.0. The van der Waals surface area contributed by atoms with Crippen LogP contribution < -0.4 is 4.90 Å². The van der Waals surface area contributed by atoms with Gasteiger partial charge in [-0.25, -0.2) is 0 Å². The van der Waals surface area contributed by atoms with Gasteiger partial charge in [-0.15, -0.1) is 0 Å². The molecule has 10 aromatic carbocycles. The van der Waals surface area contributed by atoms with Gasteiger partial charge in [0.25, 0.3) is 0 Å². The van der Waals surface area contributed by atoms with Gasteiger partial charge in [-0.1, -0.05) is 158 Å². The molecular formula is C58H38N2O. The van der Waals surface area contributed by atoms with Crippen LogP contribution in [0, 0.1) is 0 Å². The fraction of sp³-hybridized carbons (Fsp3) is 0. The third-order valence-electron chi connectivity index (χ3n) is 12.2. The predicted octanol–water partition coefficient (Wildman–Crippen LogP) is 16.3. The summed E-state index contributed by atoms with van der Waals surface area (Å²) in [6.45, 7) is 0. The van der Waals surface area contributed by atoms with Crippen molar-refractivity contribution in [1.29, 1.82) is 0 Å². The molecule has 0 aliphatic carbocycles. The zero-order chi connectivity index (χ0) is 40.3. The van der Waals surface area contributed by atoms with Crippen LogP contribution in [0.1, 0.15) is 0 Å². The van der Waals surface area contributed by atoms with Crippen molar-refractivity contribution in [3.05, 3.63) is 231 Å². The van der Waals surface area contributed by atoms with Crippen molar-refractivity contribution < 1.29 is 4.42 Å². The Morgan fingerprint density at radius 3 is 1.62 bits per heavy atom. The number of anilines is 3. The lowest BCUT2D eigenvalue weighted by molar-refractivity contribution is 0.669. The van der Waals surface area contributed by atoms with Crippen molar-refractivity contribution in [2.24, 2.45) is 0 Å². The number of rotatable bonds is 7. The first kappa shape index (κ1) is 34.9. The van der Waals surface area contributed by atoms with E-state index in [1.807, 2.05) is 12.1 Å². The van der Waals surface area contributed by atoms with Crippen molar-refractivity contribution in [1.82, 2.24) is 4.57 Å². The number of benzene rings is 10. The number of furan rings is 1. The normalized spacial score (nSPS) is 11.6. The maximum absolute atomic E-state index is 6.26. The summed E-state index contributed by atoms with van der Waals surface area (Å²) in [5.74, 6) is 0. The first-order chi connectivity index (χ1) is 30.2. The standard InChI is InChI=1S/C58H38N2O/c1-2-14-42-37-44(28-27-39(42)13-1)43-15-11-16-47(38-43)59(46-35-31-41(32-36-46)49-21-12-26-57-58(49)52-20-6-10-25-56(52)61-57)45-33-29-40(30-34-45)48-17-3-7-22-53(48)60-54-23-8-4-18-50(54)51-19-5-9-24-55(51)60/h1-38H. The smallest absolute Gasteiger partial charge is 0.136 e. The van der Waals surface area contributed by atoms with Crippen LogP contribution >= 0.6 is 0 Å². The zero-order valence-electron chi connectivity index (χ0n) is 33.2. The monoisotopic (exact) mass is 778 g/mol. The highest BCUT2D eigenvalue weighted by Gasteiger charge is 2.19. The molecule has 0 saturated heterocycles.